The average molecular weight is 172 g/mol. The van der Waals surface area contributed by atoms with Crippen molar-refractivity contribution in [2.24, 2.45) is 11.7 Å². The van der Waals surface area contributed by atoms with Crippen LogP contribution in [0.5, 0.6) is 0 Å². The molecule has 3 N–H and O–H groups in total. The second-order valence-electron chi connectivity index (χ2n) is 3.36. The second-order valence-corrected chi connectivity index (χ2v) is 3.36. The Morgan fingerprint density at radius 3 is 2.67 bits per heavy atom. The number of rotatable bonds is 3. The normalized spacial score (nSPS) is 22.6. The van der Waals surface area contributed by atoms with Crippen LogP contribution in [0.1, 0.15) is 13.8 Å². The molecular formula is C8H16N2O2. The molecular weight excluding hydrogens is 156 g/mol. The third kappa shape index (κ3) is 1.59. The van der Waals surface area contributed by atoms with Gasteiger partial charge in [0, 0.05) is 19.0 Å². The van der Waals surface area contributed by atoms with E-state index >= 15 is 0 Å². The molecule has 1 aliphatic heterocycles. The first-order valence-corrected chi connectivity index (χ1v) is 4.25. The van der Waals surface area contributed by atoms with Crippen LogP contribution in [0.3, 0.4) is 0 Å². The Bertz CT molecular complexity index is 176. The standard InChI is InChI=1S/C8H16N2O2/c1-3-12-7(11)8(2,9)6-4-10-5-6/h6,10H,3-5,9H2,1-2H3. The largest absolute Gasteiger partial charge is 0.465 e. The molecule has 1 fully saturated rings. The summed E-state index contributed by atoms with van der Waals surface area (Å²) in [4.78, 5) is 11.3. The summed E-state index contributed by atoms with van der Waals surface area (Å²) < 4.78 is 4.87. The van der Waals surface area contributed by atoms with Crippen LogP contribution >= 0.6 is 0 Å². The van der Waals surface area contributed by atoms with Gasteiger partial charge in [0.1, 0.15) is 5.54 Å². The lowest BCUT2D eigenvalue weighted by Gasteiger charge is -2.38. The van der Waals surface area contributed by atoms with Gasteiger partial charge in [-0.2, -0.15) is 0 Å². The van der Waals surface area contributed by atoms with Crippen molar-refractivity contribution in [2.75, 3.05) is 19.7 Å². The Balaban J connectivity index is 2.50. The van der Waals surface area contributed by atoms with Crippen LogP contribution in [0.2, 0.25) is 0 Å². The molecule has 1 heterocycles. The minimum Gasteiger partial charge on any atom is -0.465 e. The van der Waals surface area contributed by atoms with E-state index in [4.69, 9.17) is 10.5 Å². The van der Waals surface area contributed by atoms with Crippen LogP contribution in [0.4, 0.5) is 0 Å². The third-order valence-electron chi connectivity index (χ3n) is 2.34. The molecule has 1 saturated heterocycles. The summed E-state index contributed by atoms with van der Waals surface area (Å²) in [7, 11) is 0. The van der Waals surface area contributed by atoms with Gasteiger partial charge < -0.3 is 15.8 Å². The monoisotopic (exact) mass is 172 g/mol. The predicted molar refractivity (Wildman–Crippen MR) is 45.6 cm³/mol. The van der Waals surface area contributed by atoms with E-state index in [1.54, 1.807) is 13.8 Å². The number of hydrogen-bond donors (Lipinski definition) is 2. The van der Waals surface area contributed by atoms with Crippen molar-refractivity contribution in [1.82, 2.24) is 5.32 Å². The first-order chi connectivity index (χ1) is 5.59. The first-order valence-electron chi connectivity index (χ1n) is 4.25. The highest BCUT2D eigenvalue weighted by atomic mass is 16.5. The van der Waals surface area contributed by atoms with E-state index in [2.05, 4.69) is 5.32 Å². The molecule has 0 aromatic carbocycles. The summed E-state index contributed by atoms with van der Waals surface area (Å²) in [5.41, 5.74) is 5.02. The zero-order valence-electron chi connectivity index (χ0n) is 7.59. The minimum atomic E-state index is -0.818. The van der Waals surface area contributed by atoms with E-state index in [0.717, 1.165) is 13.1 Å². The van der Waals surface area contributed by atoms with Crippen molar-refractivity contribution in [3.05, 3.63) is 0 Å². The molecule has 4 heteroatoms. The highest BCUT2D eigenvalue weighted by Crippen LogP contribution is 2.19. The van der Waals surface area contributed by atoms with Crippen molar-refractivity contribution >= 4 is 5.97 Å². The summed E-state index contributed by atoms with van der Waals surface area (Å²) in [5.74, 6) is -0.0759. The summed E-state index contributed by atoms with van der Waals surface area (Å²) in [5, 5.41) is 3.08. The number of ether oxygens (including phenoxy) is 1. The minimum absolute atomic E-state index is 0.219. The fourth-order valence-electron chi connectivity index (χ4n) is 1.17. The van der Waals surface area contributed by atoms with Crippen LogP contribution in [0.15, 0.2) is 0 Å². The van der Waals surface area contributed by atoms with E-state index in [1.807, 2.05) is 0 Å². The van der Waals surface area contributed by atoms with Crippen LogP contribution in [-0.4, -0.2) is 31.2 Å². The summed E-state index contributed by atoms with van der Waals surface area (Å²) in [6, 6.07) is 0. The number of hydrogen-bond acceptors (Lipinski definition) is 4. The van der Waals surface area contributed by atoms with Gasteiger partial charge in [0.05, 0.1) is 6.61 Å². The average Bonchev–Trinajstić information content (AvgIpc) is 1.82. The molecule has 12 heavy (non-hydrogen) atoms. The quantitative estimate of drug-likeness (QED) is 0.563. The molecule has 1 aliphatic rings. The fraction of sp³-hybridized carbons (Fsp3) is 0.875. The van der Waals surface area contributed by atoms with Crippen LogP contribution in [0.25, 0.3) is 0 Å². The van der Waals surface area contributed by atoms with Gasteiger partial charge in [-0.1, -0.05) is 0 Å². The third-order valence-corrected chi connectivity index (χ3v) is 2.34. The number of nitrogens with two attached hydrogens (primary N) is 1. The van der Waals surface area contributed by atoms with Crippen molar-refractivity contribution in [1.29, 1.82) is 0 Å². The van der Waals surface area contributed by atoms with Gasteiger partial charge >= 0.3 is 5.97 Å². The molecule has 0 amide bonds. The lowest BCUT2D eigenvalue weighted by atomic mass is 9.82. The number of nitrogens with one attached hydrogen (secondary N) is 1. The van der Waals surface area contributed by atoms with Gasteiger partial charge in [-0.05, 0) is 13.8 Å². The van der Waals surface area contributed by atoms with E-state index in [9.17, 15) is 4.79 Å². The number of esters is 1. The molecule has 0 bridgehead atoms. The van der Waals surface area contributed by atoms with Crippen LogP contribution in [-0.2, 0) is 9.53 Å². The molecule has 0 spiro atoms. The highest BCUT2D eigenvalue weighted by Gasteiger charge is 2.41. The van der Waals surface area contributed by atoms with Gasteiger partial charge in [0.15, 0.2) is 0 Å². The molecule has 1 atom stereocenters. The van der Waals surface area contributed by atoms with Gasteiger partial charge in [0.25, 0.3) is 0 Å². The molecule has 0 aliphatic carbocycles. The molecule has 0 aromatic heterocycles. The van der Waals surface area contributed by atoms with Gasteiger partial charge in [-0.25, -0.2) is 0 Å². The zero-order chi connectivity index (χ0) is 9.19. The van der Waals surface area contributed by atoms with Crippen LogP contribution < -0.4 is 11.1 Å². The van der Waals surface area contributed by atoms with E-state index in [1.165, 1.54) is 0 Å². The molecule has 4 nitrogen and oxygen atoms in total. The molecule has 0 radical (unpaired) electrons. The SMILES string of the molecule is CCOC(=O)C(C)(N)C1CNC1. The van der Waals surface area contributed by atoms with Crippen molar-refractivity contribution < 1.29 is 9.53 Å². The fourth-order valence-corrected chi connectivity index (χ4v) is 1.17. The smallest absolute Gasteiger partial charge is 0.326 e. The van der Waals surface area contributed by atoms with Gasteiger partial charge in [0.2, 0.25) is 0 Å². The van der Waals surface area contributed by atoms with E-state index < -0.39 is 5.54 Å². The topological polar surface area (TPSA) is 64.3 Å². The number of carbonyl (C=O) groups excluding carboxylic acids is 1. The molecule has 1 unspecified atom stereocenters. The van der Waals surface area contributed by atoms with Crippen molar-refractivity contribution in [2.45, 2.75) is 19.4 Å². The maximum Gasteiger partial charge on any atom is 0.326 e. The number of carbonyl (C=O) groups is 1. The predicted octanol–water partition coefficient (Wildman–Crippen LogP) is -0.514. The molecule has 70 valence electrons. The Morgan fingerprint density at radius 1 is 1.75 bits per heavy atom. The van der Waals surface area contributed by atoms with E-state index in [-0.39, 0.29) is 11.9 Å². The first kappa shape index (κ1) is 9.48. The Hall–Kier alpha value is -0.610. The molecule has 1 rings (SSSR count). The summed E-state index contributed by atoms with van der Waals surface area (Å²) in [6.07, 6.45) is 0. The van der Waals surface area contributed by atoms with Crippen LogP contribution in [0, 0.1) is 5.92 Å². The highest BCUT2D eigenvalue weighted by molar-refractivity contribution is 5.80. The lowest BCUT2D eigenvalue weighted by molar-refractivity contribution is -0.152. The molecule has 0 saturated carbocycles. The lowest BCUT2D eigenvalue weighted by Crippen LogP contribution is -2.63. The van der Waals surface area contributed by atoms with Gasteiger partial charge in [-0.3, -0.25) is 4.79 Å². The Kier molecular flexibility index (Phi) is 2.69. The Labute approximate surface area is 72.5 Å². The Morgan fingerprint density at radius 2 is 2.33 bits per heavy atom. The second kappa shape index (κ2) is 3.41. The maximum absolute atomic E-state index is 11.3. The zero-order valence-corrected chi connectivity index (χ0v) is 7.59. The van der Waals surface area contributed by atoms with Crippen molar-refractivity contribution in [3.63, 3.8) is 0 Å². The summed E-state index contributed by atoms with van der Waals surface area (Å²) >= 11 is 0. The van der Waals surface area contributed by atoms with Gasteiger partial charge in [-0.15, -0.1) is 0 Å². The van der Waals surface area contributed by atoms with E-state index in [0.29, 0.717) is 6.61 Å². The molecule has 0 aromatic rings. The maximum atomic E-state index is 11.3. The summed E-state index contributed by atoms with van der Waals surface area (Å²) in [6.45, 7) is 5.53. The van der Waals surface area contributed by atoms with Crippen molar-refractivity contribution in [3.8, 4) is 0 Å².